The maximum atomic E-state index is 8.87. The molecule has 0 aliphatic carbocycles. The van der Waals surface area contributed by atoms with E-state index in [4.69, 9.17) is 5.26 Å². The number of nitrogens with zero attached hydrogens (tertiary/aromatic N) is 4. The number of hydrogen-bond acceptors (Lipinski definition) is 4. The van der Waals surface area contributed by atoms with E-state index in [-0.39, 0.29) is 0 Å². The van der Waals surface area contributed by atoms with Gasteiger partial charge in [-0.25, -0.2) is 4.52 Å². The van der Waals surface area contributed by atoms with Gasteiger partial charge in [0.1, 0.15) is 0 Å². The summed E-state index contributed by atoms with van der Waals surface area (Å²) in [6.07, 6.45) is 1.93. The zero-order valence-electron chi connectivity index (χ0n) is 11.0. The van der Waals surface area contributed by atoms with Crippen molar-refractivity contribution in [2.75, 3.05) is 5.32 Å². The van der Waals surface area contributed by atoms with Crippen molar-refractivity contribution in [1.29, 1.82) is 5.26 Å². The van der Waals surface area contributed by atoms with Gasteiger partial charge < -0.3 is 5.32 Å². The quantitative estimate of drug-likeness (QED) is 0.788. The first-order chi connectivity index (χ1) is 9.74. The van der Waals surface area contributed by atoms with E-state index in [9.17, 15) is 0 Å². The Morgan fingerprint density at radius 2 is 2.20 bits per heavy atom. The minimum Gasteiger partial charge on any atom is -0.349 e. The number of benzene rings is 1. The minimum absolute atomic E-state index is 0.581. The molecule has 0 radical (unpaired) electrons. The topological polar surface area (TPSA) is 66.0 Å². The van der Waals surface area contributed by atoms with Gasteiger partial charge in [-0.3, -0.25) is 0 Å². The fourth-order valence-corrected chi connectivity index (χ4v) is 1.99. The lowest BCUT2D eigenvalue weighted by molar-refractivity contribution is 0.942. The van der Waals surface area contributed by atoms with Crippen LogP contribution in [0.15, 0.2) is 42.6 Å². The molecule has 0 aliphatic rings. The van der Waals surface area contributed by atoms with Crippen LogP contribution in [-0.4, -0.2) is 14.6 Å². The molecule has 0 amide bonds. The van der Waals surface area contributed by atoms with Gasteiger partial charge in [-0.2, -0.15) is 10.2 Å². The van der Waals surface area contributed by atoms with E-state index in [2.05, 4.69) is 21.5 Å². The summed E-state index contributed by atoms with van der Waals surface area (Å²) in [6, 6.07) is 13.5. The van der Waals surface area contributed by atoms with Gasteiger partial charge in [-0.05, 0) is 36.2 Å². The zero-order chi connectivity index (χ0) is 13.9. The summed E-state index contributed by atoms with van der Waals surface area (Å²) in [4.78, 5) is 4.39. The van der Waals surface area contributed by atoms with Crippen molar-refractivity contribution in [3.05, 3.63) is 59.3 Å². The molecule has 1 N–H and O–H groups in total. The third-order valence-electron chi connectivity index (χ3n) is 2.99. The van der Waals surface area contributed by atoms with Crippen molar-refractivity contribution in [3.63, 3.8) is 0 Å². The standard InChI is InChI=1S/C15H13N5/c1-11-5-6-14-18-15(19-20(14)10-11)17-9-13-4-2-3-12(7-13)8-16/h2-7,10H,9H2,1H3,(H,17,19). The molecule has 98 valence electrons. The summed E-state index contributed by atoms with van der Waals surface area (Å²) in [5, 5.41) is 16.4. The minimum atomic E-state index is 0.581. The van der Waals surface area contributed by atoms with Gasteiger partial charge in [-0.15, -0.1) is 5.10 Å². The van der Waals surface area contributed by atoms with Crippen LogP contribution in [0.1, 0.15) is 16.7 Å². The highest BCUT2D eigenvalue weighted by Crippen LogP contribution is 2.09. The maximum Gasteiger partial charge on any atom is 0.243 e. The van der Waals surface area contributed by atoms with Crippen LogP contribution in [0, 0.1) is 18.3 Å². The van der Waals surface area contributed by atoms with Crippen molar-refractivity contribution < 1.29 is 0 Å². The van der Waals surface area contributed by atoms with Gasteiger partial charge in [-0.1, -0.05) is 18.2 Å². The lowest BCUT2D eigenvalue weighted by Crippen LogP contribution is -2.01. The Balaban J connectivity index is 1.78. The van der Waals surface area contributed by atoms with Crippen LogP contribution in [-0.2, 0) is 6.54 Å². The summed E-state index contributed by atoms with van der Waals surface area (Å²) < 4.78 is 1.75. The average molecular weight is 263 g/mol. The molecule has 0 bridgehead atoms. The van der Waals surface area contributed by atoms with Crippen molar-refractivity contribution >= 4 is 11.6 Å². The van der Waals surface area contributed by atoms with E-state index in [1.54, 1.807) is 10.6 Å². The predicted octanol–water partition coefficient (Wildman–Crippen LogP) is 2.52. The molecule has 5 nitrogen and oxygen atoms in total. The molecule has 2 aromatic heterocycles. The van der Waals surface area contributed by atoms with Gasteiger partial charge in [0.15, 0.2) is 5.65 Å². The normalized spacial score (nSPS) is 10.4. The Kier molecular flexibility index (Phi) is 3.05. The summed E-state index contributed by atoms with van der Waals surface area (Å²) in [5.74, 6) is 0.581. The number of aryl methyl sites for hydroxylation is 1. The monoisotopic (exact) mass is 263 g/mol. The van der Waals surface area contributed by atoms with Crippen LogP contribution in [0.4, 0.5) is 5.95 Å². The Morgan fingerprint density at radius 1 is 1.30 bits per heavy atom. The van der Waals surface area contributed by atoms with E-state index in [0.717, 1.165) is 16.8 Å². The predicted molar refractivity (Wildman–Crippen MR) is 76.2 cm³/mol. The molecule has 3 aromatic rings. The number of nitrogens with one attached hydrogen (secondary N) is 1. The lowest BCUT2D eigenvalue weighted by atomic mass is 10.1. The number of rotatable bonds is 3. The van der Waals surface area contributed by atoms with Crippen molar-refractivity contribution in [3.8, 4) is 6.07 Å². The zero-order valence-corrected chi connectivity index (χ0v) is 11.0. The average Bonchev–Trinajstić information content (AvgIpc) is 2.87. The Labute approximate surface area is 116 Å². The van der Waals surface area contributed by atoms with Gasteiger partial charge in [0.25, 0.3) is 0 Å². The molecule has 5 heteroatoms. The fraction of sp³-hybridized carbons (Fsp3) is 0.133. The molecule has 0 spiro atoms. The highest BCUT2D eigenvalue weighted by Gasteiger charge is 2.03. The van der Waals surface area contributed by atoms with Gasteiger partial charge in [0, 0.05) is 12.7 Å². The Morgan fingerprint density at radius 3 is 3.05 bits per heavy atom. The van der Waals surface area contributed by atoms with E-state index >= 15 is 0 Å². The molecule has 0 unspecified atom stereocenters. The second-order valence-corrected chi connectivity index (χ2v) is 4.61. The lowest BCUT2D eigenvalue weighted by Gasteiger charge is -2.01. The van der Waals surface area contributed by atoms with Crippen molar-refractivity contribution in [2.45, 2.75) is 13.5 Å². The van der Waals surface area contributed by atoms with Crippen LogP contribution in [0.25, 0.3) is 5.65 Å². The summed E-state index contributed by atoms with van der Waals surface area (Å²) in [6.45, 7) is 2.60. The van der Waals surface area contributed by atoms with Crippen LogP contribution >= 0.6 is 0 Å². The molecule has 3 rings (SSSR count). The molecular formula is C15H13N5. The summed E-state index contributed by atoms with van der Waals surface area (Å²) in [5.41, 5.74) is 3.63. The van der Waals surface area contributed by atoms with E-state index < -0.39 is 0 Å². The second kappa shape index (κ2) is 5.02. The molecule has 0 saturated heterocycles. The number of hydrogen-bond donors (Lipinski definition) is 1. The van der Waals surface area contributed by atoms with Crippen molar-refractivity contribution in [2.24, 2.45) is 0 Å². The number of fused-ring (bicyclic) bond motifs is 1. The highest BCUT2D eigenvalue weighted by atomic mass is 15.3. The largest absolute Gasteiger partial charge is 0.349 e. The first kappa shape index (κ1) is 12.2. The molecular weight excluding hydrogens is 250 g/mol. The summed E-state index contributed by atoms with van der Waals surface area (Å²) >= 11 is 0. The smallest absolute Gasteiger partial charge is 0.243 e. The number of aromatic nitrogens is 3. The van der Waals surface area contributed by atoms with E-state index in [1.165, 1.54) is 0 Å². The molecule has 0 atom stereocenters. The summed E-state index contributed by atoms with van der Waals surface area (Å²) in [7, 11) is 0. The van der Waals surface area contributed by atoms with Crippen LogP contribution in [0.5, 0.6) is 0 Å². The van der Waals surface area contributed by atoms with Crippen LogP contribution in [0.2, 0.25) is 0 Å². The van der Waals surface area contributed by atoms with Gasteiger partial charge in [0.05, 0.1) is 11.6 Å². The van der Waals surface area contributed by atoms with Crippen molar-refractivity contribution in [1.82, 2.24) is 14.6 Å². The second-order valence-electron chi connectivity index (χ2n) is 4.61. The Bertz CT molecular complexity index is 797. The van der Waals surface area contributed by atoms with E-state index in [0.29, 0.717) is 18.1 Å². The third kappa shape index (κ3) is 2.45. The van der Waals surface area contributed by atoms with Crippen LogP contribution in [0.3, 0.4) is 0 Å². The maximum absolute atomic E-state index is 8.87. The SMILES string of the molecule is Cc1ccc2nc(NCc3cccc(C#N)c3)nn2c1. The molecule has 20 heavy (non-hydrogen) atoms. The molecule has 1 aromatic carbocycles. The molecule has 0 saturated carbocycles. The number of nitriles is 1. The van der Waals surface area contributed by atoms with Crippen LogP contribution < -0.4 is 5.32 Å². The Hall–Kier alpha value is -2.87. The first-order valence-corrected chi connectivity index (χ1v) is 6.30. The number of pyridine rings is 1. The third-order valence-corrected chi connectivity index (χ3v) is 2.99. The molecule has 0 aliphatic heterocycles. The molecule has 0 fully saturated rings. The first-order valence-electron chi connectivity index (χ1n) is 6.30. The number of anilines is 1. The van der Waals surface area contributed by atoms with Gasteiger partial charge >= 0.3 is 0 Å². The van der Waals surface area contributed by atoms with Gasteiger partial charge in [0.2, 0.25) is 5.95 Å². The highest BCUT2D eigenvalue weighted by molar-refractivity contribution is 5.44. The fourth-order valence-electron chi connectivity index (χ4n) is 1.99. The van der Waals surface area contributed by atoms with E-state index in [1.807, 2.05) is 43.5 Å². The molecule has 2 heterocycles.